The molecule has 98 valence electrons. The molecule has 0 radical (unpaired) electrons. The number of ether oxygens (including phenoxy) is 1. The molecule has 2 rings (SSSR count). The van der Waals surface area contributed by atoms with E-state index in [0.29, 0.717) is 30.4 Å². The third-order valence-electron chi connectivity index (χ3n) is 3.99. The standard InChI is InChI=1S/C14H25NO2/c1-11(2)7-8-14(16)15-9-10-17-13-6-4-3-5-12(13)15/h11-13H,3-10H2,1-2H3/t12-,13-/m0/s1. The summed E-state index contributed by atoms with van der Waals surface area (Å²) in [6, 6.07) is 0.372. The van der Waals surface area contributed by atoms with Crippen LogP contribution in [0.2, 0.25) is 0 Å². The molecular formula is C14H25NO2. The molecular weight excluding hydrogens is 214 g/mol. The monoisotopic (exact) mass is 239 g/mol. The zero-order valence-electron chi connectivity index (χ0n) is 11.2. The van der Waals surface area contributed by atoms with E-state index in [1.807, 2.05) is 0 Å². The van der Waals surface area contributed by atoms with Gasteiger partial charge < -0.3 is 9.64 Å². The minimum absolute atomic E-state index is 0.320. The van der Waals surface area contributed by atoms with Crippen LogP contribution in [0.4, 0.5) is 0 Å². The molecule has 0 spiro atoms. The zero-order valence-corrected chi connectivity index (χ0v) is 11.2. The molecule has 0 aromatic heterocycles. The molecule has 3 nitrogen and oxygen atoms in total. The van der Waals surface area contributed by atoms with Crippen LogP contribution in [0.5, 0.6) is 0 Å². The fraction of sp³-hybridized carbons (Fsp3) is 0.929. The van der Waals surface area contributed by atoms with Crippen LogP contribution in [-0.4, -0.2) is 36.1 Å². The summed E-state index contributed by atoms with van der Waals surface area (Å²) in [4.78, 5) is 14.3. The highest BCUT2D eigenvalue weighted by Crippen LogP contribution is 2.29. The minimum Gasteiger partial charge on any atom is -0.374 e. The molecule has 1 saturated heterocycles. The summed E-state index contributed by atoms with van der Waals surface area (Å²) in [7, 11) is 0. The van der Waals surface area contributed by atoms with Gasteiger partial charge in [0, 0.05) is 13.0 Å². The number of hydrogen-bond acceptors (Lipinski definition) is 2. The lowest BCUT2D eigenvalue weighted by Crippen LogP contribution is -2.54. The van der Waals surface area contributed by atoms with E-state index in [9.17, 15) is 4.79 Å². The SMILES string of the molecule is CC(C)CCC(=O)N1CCO[C@H]2CCCC[C@@H]21. The van der Waals surface area contributed by atoms with Crippen LogP contribution in [0.3, 0.4) is 0 Å². The maximum absolute atomic E-state index is 12.2. The van der Waals surface area contributed by atoms with Gasteiger partial charge in [0.15, 0.2) is 0 Å². The van der Waals surface area contributed by atoms with Crippen molar-refractivity contribution < 1.29 is 9.53 Å². The molecule has 0 bridgehead atoms. The number of rotatable bonds is 3. The minimum atomic E-state index is 0.320. The molecule has 2 fully saturated rings. The van der Waals surface area contributed by atoms with Gasteiger partial charge in [-0.25, -0.2) is 0 Å². The Kier molecular flexibility index (Phi) is 4.43. The Morgan fingerprint density at radius 3 is 2.88 bits per heavy atom. The second kappa shape index (κ2) is 5.85. The average Bonchev–Trinajstić information content (AvgIpc) is 2.35. The van der Waals surface area contributed by atoms with E-state index in [0.717, 1.165) is 32.4 Å². The lowest BCUT2D eigenvalue weighted by molar-refractivity contribution is -0.149. The van der Waals surface area contributed by atoms with Gasteiger partial charge in [-0.05, 0) is 25.2 Å². The summed E-state index contributed by atoms with van der Waals surface area (Å²) >= 11 is 0. The number of amides is 1. The summed E-state index contributed by atoms with van der Waals surface area (Å²) in [5.74, 6) is 0.959. The van der Waals surface area contributed by atoms with E-state index >= 15 is 0 Å². The topological polar surface area (TPSA) is 29.5 Å². The first kappa shape index (κ1) is 12.9. The fourth-order valence-electron chi connectivity index (χ4n) is 2.96. The summed E-state index contributed by atoms with van der Waals surface area (Å²) in [5.41, 5.74) is 0. The van der Waals surface area contributed by atoms with Gasteiger partial charge in [0.2, 0.25) is 5.91 Å². The maximum Gasteiger partial charge on any atom is 0.222 e. The first-order valence-corrected chi connectivity index (χ1v) is 7.09. The van der Waals surface area contributed by atoms with Crippen molar-refractivity contribution in [2.45, 2.75) is 64.5 Å². The summed E-state index contributed by atoms with van der Waals surface area (Å²) in [5, 5.41) is 0. The van der Waals surface area contributed by atoms with Crippen LogP contribution in [0.25, 0.3) is 0 Å². The molecule has 3 heteroatoms. The number of hydrogen-bond donors (Lipinski definition) is 0. The quantitative estimate of drug-likeness (QED) is 0.757. The van der Waals surface area contributed by atoms with Crippen molar-refractivity contribution >= 4 is 5.91 Å². The van der Waals surface area contributed by atoms with Crippen LogP contribution in [0, 0.1) is 5.92 Å². The highest BCUT2D eigenvalue weighted by molar-refractivity contribution is 5.76. The van der Waals surface area contributed by atoms with Crippen molar-refractivity contribution in [2.24, 2.45) is 5.92 Å². The van der Waals surface area contributed by atoms with Gasteiger partial charge in [-0.1, -0.05) is 26.7 Å². The lowest BCUT2D eigenvalue weighted by atomic mass is 9.89. The van der Waals surface area contributed by atoms with Gasteiger partial charge in [-0.15, -0.1) is 0 Å². The molecule has 1 heterocycles. The van der Waals surface area contributed by atoms with Crippen molar-refractivity contribution in [1.82, 2.24) is 4.90 Å². The van der Waals surface area contributed by atoms with Crippen LogP contribution in [-0.2, 0) is 9.53 Å². The summed E-state index contributed by atoms with van der Waals surface area (Å²) in [6.07, 6.45) is 6.82. The third-order valence-corrected chi connectivity index (χ3v) is 3.99. The largest absolute Gasteiger partial charge is 0.374 e. The smallest absolute Gasteiger partial charge is 0.222 e. The molecule has 1 aliphatic carbocycles. The van der Waals surface area contributed by atoms with E-state index in [1.54, 1.807) is 0 Å². The number of carbonyl (C=O) groups is 1. The van der Waals surface area contributed by atoms with Crippen LogP contribution in [0.15, 0.2) is 0 Å². The molecule has 0 aromatic rings. The molecule has 1 amide bonds. The molecule has 0 aromatic carbocycles. The molecule has 0 unspecified atom stereocenters. The van der Waals surface area contributed by atoms with Crippen LogP contribution in [0.1, 0.15) is 52.4 Å². The van der Waals surface area contributed by atoms with Crippen molar-refractivity contribution in [3.63, 3.8) is 0 Å². The van der Waals surface area contributed by atoms with Gasteiger partial charge in [-0.3, -0.25) is 4.79 Å². The Morgan fingerprint density at radius 1 is 1.35 bits per heavy atom. The lowest BCUT2D eigenvalue weighted by Gasteiger charge is -2.44. The van der Waals surface area contributed by atoms with Gasteiger partial charge in [0.25, 0.3) is 0 Å². The number of morpholine rings is 1. The predicted molar refractivity (Wildman–Crippen MR) is 67.8 cm³/mol. The third kappa shape index (κ3) is 3.21. The van der Waals surface area contributed by atoms with Gasteiger partial charge in [0.1, 0.15) is 0 Å². The molecule has 17 heavy (non-hydrogen) atoms. The van der Waals surface area contributed by atoms with E-state index in [1.165, 1.54) is 12.8 Å². The highest BCUT2D eigenvalue weighted by atomic mass is 16.5. The summed E-state index contributed by atoms with van der Waals surface area (Å²) in [6.45, 7) is 5.89. The van der Waals surface area contributed by atoms with Crippen molar-refractivity contribution in [3.05, 3.63) is 0 Å². The van der Waals surface area contributed by atoms with E-state index < -0.39 is 0 Å². The molecule has 0 N–H and O–H groups in total. The number of fused-ring (bicyclic) bond motifs is 1. The van der Waals surface area contributed by atoms with Crippen LogP contribution >= 0.6 is 0 Å². The molecule has 2 aliphatic rings. The van der Waals surface area contributed by atoms with Crippen molar-refractivity contribution in [1.29, 1.82) is 0 Å². The van der Waals surface area contributed by atoms with Crippen molar-refractivity contribution in [3.8, 4) is 0 Å². The normalized spacial score (nSPS) is 29.2. The first-order chi connectivity index (χ1) is 8.18. The Hall–Kier alpha value is -0.570. The second-order valence-electron chi connectivity index (χ2n) is 5.78. The van der Waals surface area contributed by atoms with E-state index in [2.05, 4.69) is 18.7 Å². The maximum atomic E-state index is 12.2. The second-order valence-corrected chi connectivity index (χ2v) is 5.78. The van der Waals surface area contributed by atoms with Gasteiger partial charge in [0.05, 0.1) is 18.8 Å². The van der Waals surface area contributed by atoms with Gasteiger partial charge >= 0.3 is 0 Å². The average molecular weight is 239 g/mol. The fourth-order valence-corrected chi connectivity index (χ4v) is 2.96. The number of carbonyl (C=O) groups excluding carboxylic acids is 1. The Labute approximate surface area is 105 Å². The summed E-state index contributed by atoms with van der Waals surface area (Å²) < 4.78 is 5.79. The van der Waals surface area contributed by atoms with Crippen LogP contribution < -0.4 is 0 Å². The first-order valence-electron chi connectivity index (χ1n) is 7.09. The Bertz CT molecular complexity index is 263. The Morgan fingerprint density at radius 2 is 2.12 bits per heavy atom. The number of nitrogens with zero attached hydrogens (tertiary/aromatic N) is 1. The predicted octanol–water partition coefficient (Wildman–Crippen LogP) is 2.59. The van der Waals surface area contributed by atoms with E-state index in [4.69, 9.17) is 4.74 Å². The Balaban J connectivity index is 1.91. The highest BCUT2D eigenvalue weighted by Gasteiger charge is 2.36. The van der Waals surface area contributed by atoms with Gasteiger partial charge in [-0.2, -0.15) is 0 Å². The zero-order chi connectivity index (χ0) is 12.3. The molecule has 1 saturated carbocycles. The molecule has 2 atom stereocenters. The van der Waals surface area contributed by atoms with Crippen molar-refractivity contribution in [2.75, 3.05) is 13.2 Å². The van der Waals surface area contributed by atoms with E-state index in [-0.39, 0.29) is 0 Å². The molecule has 1 aliphatic heterocycles.